The van der Waals surface area contributed by atoms with Gasteiger partial charge in [-0.2, -0.15) is 0 Å². The van der Waals surface area contributed by atoms with Crippen molar-refractivity contribution in [2.24, 2.45) is 7.05 Å². The van der Waals surface area contributed by atoms with Crippen molar-refractivity contribution in [2.45, 2.75) is 0 Å². The van der Waals surface area contributed by atoms with Crippen LogP contribution in [0.25, 0.3) is 10.9 Å². The lowest BCUT2D eigenvalue weighted by Crippen LogP contribution is -2.10. The van der Waals surface area contributed by atoms with Crippen LogP contribution in [0.3, 0.4) is 0 Å². The average Bonchev–Trinajstić information content (AvgIpc) is 2.95. The Bertz CT molecular complexity index is 998. The Morgan fingerprint density at radius 1 is 0.926 bits per heavy atom. The number of ether oxygens (including phenoxy) is 4. The average molecular weight is 370 g/mol. The molecular formula is C20H22N2O5. The maximum atomic E-state index is 13.3. The van der Waals surface area contributed by atoms with Crippen LogP contribution in [-0.4, -0.2) is 38.8 Å². The van der Waals surface area contributed by atoms with E-state index in [0.29, 0.717) is 39.9 Å². The lowest BCUT2D eigenvalue weighted by Gasteiger charge is -2.14. The quantitative estimate of drug-likeness (QED) is 0.672. The maximum Gasteiger partial charge on any atom is 0.211 e. The van der Waals surface area contributed by atoms with Crippen molar-refractivity contribution in [1.82, 2.24) is 4.57 Å². The van der Waals surface area contributed by atoms with Gasteiger partial charge < -0.3 is 29.2 Å². The van der Waals surface area contributed by atoms with Gasteiger partial charge in [-0.05, 0) is 24.3 Å². The van der Waals surface area contributed by atoms with E-state index < -0.39 is 0 Å². The molecular weight excluding hydrogens is 348 g/mol. The molecule has 7 heteroatoms. The van der Waals surface area contributed by atoms with Gasteiger partial charge in [0.1, 0.15) is 11.4 Å². The molecule has 2 N–H and O–H groups in total. The maximum absolute atomic E-state index is 13.3. The summed E-state index contributed by atoms with van der Waals surface area (Å²) in [4.78, 5) is 13.3. The van der Waals surface area contributed by atoms with Gasteiger partial charge >= 0.3 is 0 Å². The highest BCUT2D eigenvalue weighted by atomic mass is 16.5. The first-order valence-electron chi connectivity index (χ1n) is 8.23. The fourth-order valence-electron chi connectivity index (χ4n) is 3.20. The van der Waals surface area contributed by atoms with E-state index in [4.69, 9.17) is 24.7 Å². The number of fused-ring (bicyclic) bond motifs is 1. The molecule has 0 atom stereocenters. The molecule has 0 radical (unpaired) electrons. The molecule has 0 saturated heterocycles. The van der Waals surface area contributed by atoms with E-state index in [1.54, 1.807) is 30.9 Å². The number of ketones is 1. The molecule has 3 aromatic rings. The highest BCUT2D eigenvalue weighted by molar-refractivity contribution is 6.16. The Morgan fingerprint density at radius 3 is 2.07 bits per heavy atom. The van der Waals surface area contributed by atoms with Crippen LogP contribution in [0.5, 0.6) is 23.0 Å². The summed E-state index contributed by atoms with van der Waals surface area (Å²) in [6.45, 7) is 0. The Balaban J connectivity index is 2.19. The van der Waals surface area contributed by atoms with Crippen LogP contribution in [0, 0.1) is 0 Å². The number of hydrogen-bond donors (Lipinski definition) is 1. The number of methoxy groups -OCH3 is 4. The Kier molecular flexibility index (Phi) is 4.85. The van der Waals surface area contributed by atoms with Crippen molar-refractivity contribution in [3.8, 4) is 23.0 Å². The van der Waals surface area contributed by atoms with E-state index in [9.17, 15) is 4.79 Å². The zero-order valence-electron chi connectivity index (χ0n) is 16.0. The summed E-state index contributed by atoms with van der Waals surface area (Å²) in [7, 11) is 7.90. The third-order valence-corrected chi connectivity index (χ3v) is 4.59. The summed E-state index contributed by atoms with van der Waals surface area (Å²) in [6, 6.07) is 8.72. The number of anilines is 1. The van der Waals surface area contributed by atoms with Crippen molar-refractivity contribution in [3.05, 3.63) is 41.6 Å². The third-order valence-electron chi connectivity index (χ3n) is 4.59. The first-order valence-corrected chi connectivity index (χ1v) is 8.23. The van der Waals surface area contributed by atoms with Gasteiger partial charge in [0.25, 0.3) is 0 Å². The minimum absolute atomic E-state index is 0.246. The van der Waals surface area contributed by atoms with Crippen LogP contribution in [0.4, 0.5) is 5.69 Å². The molecule has 7 nitrogen and oxygen atoms in total. The molecule has 0 aliphatic carbocycles. The summed E-state index contributed by atoms with van der Waals surface area (Å²) in [5.41, 5.74) is 8.28. The molecule has 0 saturated carbocycles. The highest BCUT2D eigenvalue weighted by Crippen LogP contribution is 2.39. The number of carbonyl (C=O) groups is 1. The fourth-order valence-corrected chi connectivity index (χ4v) is 3.20. The lowest BCUT2D eigenvalue weighted by molar-refractivity contribution is 0.103. The van der Waals surface area contributed by atoms with Gasteiger partial charge in [-0.3, -0.25) is 4.79 Å². The molecule has 0 spiro atoms. The third kappa shape index (κ3) is 2.91. The normalized spacial score (nSPS) is 10.7. The van der Waals surface area contributed by atoms with Crippen LogP contribution < -0.4 is 24.7 Å². The van der Waals surface area contributed by atoms with Crippen molar-refractivity contribution in [2.75, 3.05) is 34.2 Å². The summed E-state index contributed by atoms with van der Waals surface area (Å²) >= 11 is 0. The molecule has 2 aromatic carbocycles. The second kappa shape index (κ2) is 7.11. The number of nitrogens with zero attached hydrogens (tertiary/aromatic N) is 1. The van der Waals surface area contributed by atoms with E-state index >= 15 is 0 Å². The molecule has 3 rings (SSSR count). The van der Waals surface area contributed by atoms with Crippen molar-refractivity contribution in [1.29, 1.82) is 0 Å². The summed E-state index contributed by atoms with van der Waals surface area (Å²) in [6.07, 6.45) is 0. The van der Waals surface area contributed by atoms with Crippen LogP contribution in [0.1, 0.15) is 16.1 Å². The monoisotopic (exact) mass is 370 g/mol. The van der Waals surface area contributed by atoms with Gasteiger partial charge in [-0.15, -0.1) is 0 Å². The van der Waals surface area contributed by atoms with E-state index in [1.807, 2.05) is 18.2 Å². The molecule has 0 amide bonds. The standard InChI is InChI=1S/C20H22N2O5/c1-22-14-10-12(24-2)6-7-13(14)17(21)18(22)19(23)11-8-15(25-3)20(27-5)16(9-11)26-4/h6-10H,21H2,1-5H3. The molecule has 0 unspecified atom stereocenters. The zero-order valence-corrected chi connectivity index (χ0v) is 16.0. The number of nitrogen functional groups attached to an aromatic ring is 1. The van der Waals surface area contributed by atoms with E-state index in [2.05, 4.69) is 0 Å². The number of rotatable bonds is 6. The van der Waals surface area contributed by atoms with Crippen molar-refractivity contribution < 1.29 is 23.7 Å². The lowest BCUT2D eigenvalue weighted by atomic mass is 10.1. The molecule has 27 heavy (non-hydrogen) atoms. The summed E-state index contributed by atoms with van der Waals surface area (Å²) < 4.78 is 23.0. The van der Waals surface area contributed by atoms with Crippen molar-refractivity contribution >= 4 is 22.4 Å². The van der Waals surface area contributed by atoms with Crippen molar-refractivity contribution in [3.63, 3.8) is 0 Å². The summed E-state index contributed by atoms with van der Waals surface area (Å²) in [5, 5.41) is 0.786. The minimum atomic E-state index is -0.246. The van der Waals surface area contributed by atoms with E-state index in [0.717, 1.165) is 10.9 Å². The molecule has 0 fully saturated rings. The predicted molar refractivity (Wildman–Crippen MR) is 103 cm³/mol. The van der Waals surface area contributed by atoms with Gasteiger partial charge in [0.2, 0.25) is 11.5 Å². The largest absolute Gasteiger partial charge is 0.497 e. The first-order chi connectivity index (χ1) is 13.0. The SMILES string of the molecule is COc1ccc2c(N)c(C(=O)c3cc(OC)c(OC)c(OC)c3)n(C)c2c1. The number of benzene rings is 2. The Labute approximate surface area is 157 Å². The zero-order chi connectivity index (χ0) is 19.7. The second-order valence-corrected chi connectivity index (χ2v) is 5.95. The van der Waals surface area contributed by atoms with Gasteiger partial charge in [0, 0.05) is 24.1 Å². The number of aromatic nitrogens is 1. The number of hydrogen-bond acceptors (Lipinski definition) is 6. The molecule has 0 aliphatic heterocycles. The number of carbonyl (C=O) groups excluding carboxylic acids is 1. The molecule has 1 heterocycles. The topological polar surface area (TPSA) is 84.9 Å². The van der Waals surface area contributed by atoms with E-state index in [-0.39, 0.29) is 5.78 Å². The van der Waals surface area contributed by atoms with Crippen LogP contribution in [0.15, 0.2) is 30.3 Å². The Hall–Kier alpha value is -3.35. The first kappa shape index (κ1) is 18.4. The van der Waals surface area contributed by atoms with E-state index in [1.165, 1.54) is 21.3 Å². The smallest absolute Gasteiger partial charge is 0.211 e. The Morgan fingerprint density at radius 2 is 1.56 bits per heavy atom. The predicted octanol–water partition coefficient (Wildman–Crippen LogP) is 3.03. The van der Waals surface area contributed by atoms with Gasteiger partial charge in [0.05, 0.1) is 39.6 Å². The fraction of sp³-hybridized carbons (Fsp3) is 0.250. The molecule has 0 aliphatic rings. The molecule has 142 valence electrons. The van der Waals surface area contributed by atoms with Gasteiger partial charge in [0.15, 0.2) is 11.5 Å². The highest BCUT2D eigenvalue weighted by Gasteiger charge is 2.24. The molecule has 0 bridgehead atoms. The minimum Gasteiger partial charge on any atom is -0.497 e. The number of nitrogens with two attached hydrogens (primary N) is 1. The number of aryl methyl sites for hydroxylation is 1. The molecule has 1 aromatic heterocycles. The van der Waals surface area contributed by atoms with Gasteiger partial charge in [-0.25, -0.2) is 0 Å². The van der Waals surface area contributed by atoms with Crippen LogP contribution >= 0.6 is 0 Å². The van der Waals surface area contributed by atoms with Crippen LogP contribution in [0.2, 0.25) is 0 Å². The second-order valence-electron chi connectivity index (χ2n) is 5.95. The summed E-state index contributed by atoms with van der Waals surface area (Å²) in [5.74, 6) is 1.67. The van der Waals surface area contributed by atoms with Gasteiger partial charge in [-0.1, -0.05) is 0 Å². The van der Waals surface area contributed by atoms with Crippen LogP contribution in [-0.2, 0) is 7.05 Å².